The lowest BCUT2D eigenvalue weighted by Crippen LogP contribution is -2.39. The Hall–Kier alpha value is -3.28. The molecule has 1 aromatic heterocycles. The highest BCUT2D eigenvalue weighted by Gasteiger charge is 2.00. The number of ether oxygens (including phenoxy) is 1. The van der Waals surface area contributed by atoms with Crippen LogP contribution in [0, 0.1) is 6.92 Å². The van der Waals surface area contributed by atoms with Gasteiger partial charge in [-0.2, -0.15) is 0 Å². The van der Waals surface area contributed by atoms with Crippen molar-refractivity contribution in [2.75, 3.05) is 19.7 Å². The molecule has 3 aromatic rings. The Bertz CT molecular complexity index is 888. The van der Waals surface area contributed by atoms with Crippen molar-refractivity contribution in [2.24, 2.45) is 4.99 Å². The van der Waals surface area contributed by atoms with Crippen molar-refractivity contribution in [1.82, 2.24) is 20.2 Å². The van der Waals surface area contributed by atoms with Gasteiger partial charge in [0.1, 0.15) is 12.4 Å². The van der Waals surface area contributed by atoms with Gasteiger partial charge >= 0.3 is 0 Å². The summed E-state index contributed by atoms with van der Waals surface area (Å²) >= 11 is 0. The standard InChI is InChI=1S/C23H29N5O/c1-3-25-23(26-12-14-29-22-9-7-19(2)8-10-22)27-16-20-5-4-6-21(15-20)17-28-13-11-24-18-28/h4-11,13,15,18H,3,12,14,16-17H2,1-2H3,(H2,25,26,27). The van der Waals surface area contributed by atoms with Gasteiger partial charge in [0, 0.05) is 25.5 Å². The molecule has 0 spiro atoms. The number of hydrogen-bond donors (Lipinski definition) is 2. The van der Waals surface area contributed by atoms with E-state index in [0.29, 0.717) is 19.7 Å². The molecule has 0 saturated carbocycles. The third-order valence-corrected chi connectivity index (χ3v) is 4.36. The van der Waals surface area contributed by atoms with Crippen LogP contribution in [0.5, 0.6) is 5.75 Å². The summed E-state index contributed by atoms with van der Waals surface area (Å²) in [6.45, 7) is 7.63. The number of benzene rings is 2. The number of aryl methyl sites for hydroxylation is 1. The van der Waals surface area contributed by atoms with Gasteiger partial charge in [0.2, 0.25) is 0 Å². The number of imidazole rings is 1. The van der Waals surface area contributed by atoms with Crippen molar-refractivity contribution in [1.29, 1.82) is 0 Å². The van der Waals surface area contributed by atoms with Gasteiger partial charge in [0.15, 0.2) is 5.96 Å². The molecule has 0 fully saturated rings. The molecule has 2 N–H and O–H groups in total. The van der Waals surface area contributed by atoms with E-state index >= 15 is 0 Å². The van der Waals surface area contributed by atoms with Crippen LogP contribution in [0.3, 0.4) is 0 Å². The third-order valence-electron chi connectivity index (χ3n) is 4.36. The van der Waals surface area contributed by atoms with E-state index in [4.69, 9.17) is 9.73 Å². The molecule has 29 heavy (non-hydrogen) atoms. The van der Waals surface area contributed by atoms with E-state index in [0.717, 1.165) is 24.8 Å². The van der Waals surface area contributed by atoms with Gasteiger partial charge in [-0.25, -0.2) is 9.98 Å². The molecule has 0 unspecified atom stereocenters. The molecular weight excluding hydrogens is 362 g/mol. The SMILES string of the molecule is CCNC(=NCc1cccc(Cn2ccnc2)c1)NCCOc1ccc(C)cc1. The number of guanidine groups is 1. The maximum atomic E-state index is 5.77. The zero-order valence-electron chi connectivity index (χ0n) is 17.1. The van der Waals surface area contributed by atoms with E-state index < -0.39 is 0 Å². The van der Waals surface area contributed by atoms with E-state index in [1.54, 1.807) is 6.20 Å². The maximum absolute atomic E-state index is 5.77. The van der Waals surface area contributed by atoms with Crippen molar-refractivity contribution in [3.8, 4) is 5.75 Å². The van der Waals surface area contributed by atoms with Gasteiger partial charge in [0.25, 0.3) is 0 Å². The first-order chi connectivity index (χ1) is 14.2. The number of hydrogen-bond acceptors (Lipinski definition) is 3. The predicted molar refractivity (Wildman–Crippen MR) is 117 cm³/mol. The Morgan fingerprint density at radius 1 is 1.10 bits per heavy atom. The first-order valence-electron chi connectivity index (χ1n) is 9.98. The van der Waals surface area contributed by atoms with Crippen molar-refractivity contribution in [2.45, 2.75) is 26.9 Å². The lowest BCUT2D eigenvalue weighted by atomic mass is 10.1. The molecule has 3 rings (SSSR count). The fraction of sp³-hybridized carbons (Fsp3) is 0.304. The number of aromatic nitrogens is 2. The number of nitrogens with one attached hydrogen (secondary N) is 2. The fourth-order valence-electron chi connectivity index (χ4n) is 2.90. The zero-order chi connectivity index (χ0) is 20.3. The summed E-state index contributed by atoms with van der Waals surface area (Å²) in [6, 6.07) is 16.6. The zero-order valence-corrected chi connectivity index (χ0v) is 17.1. The predicted octanol–water partition coefficient (Wildman–Crippen LogP) is 3.37. The lowest BCUT2D eigenvalue weighted by Gasteiger charge is -2.12. The number of nitrogens with zero attached hydrogens (tertiary/aromatic N) is 3. The molecule has 0 aliphatic heterocycles. The Kier molecular flexibility index (Phi) is 7.69. The van der Waals surface area contributed by atoms with Gasteiger partial charge in [-0.15, -0.1) is 0 Å². The summed E-state index contributed by atoms with van der Waals surface area (Å²) in [5.74, 6) is 1.68. The van der Waals surface area contributed by atoms with Gasteiger partial charge in [-0.05, 0) is 37.1 Å². The van der Waals surface area contributed by atoms with E-state index in [-0.39, 0.29) is 0 Å². The summed E-state index contributed by atoms with van der Waals surface area (Å²) < 4.78 is 7.82. The second-order valence-corrected chi connectivity index (χ2v) is 6.84. The van der Waals surface area contributed by atoms with Crippen LogP contribution in [-0.4, -0.2) is 35.2 Å². The normalized spacial score (nSPS) is 11.3. The average Bonchev–Trinajstić information content (AvgIpc) is 3.24. The van der Waals surface area contributed by atoms with Crippen LogP contribution in [0.4, 0.5) is 0 Å². The van der Waals surface area contributed by atoms with Crippen LogP contribution in [0.1, 0.15) is 23.6 Å². The smallest absolute Gasteiger partial charge is 0.191 e. The lowest BCUT2D eigenvalue weighted by molar-refractivity contribution is 0.322. The first kappa shape index (κ1) is 20.5. The van der Waals surface area contributed by atoms with Gasteiger partial charge in [-0.1, -0.05) is 42.0 Å². The molecule has 1 heterocycles. The van der Waals surface area contributed by atoms with Crippen molar-refractivity contribution in [3.05, 3.63) is 83.9 Å². The van der Waals surface area contributed by atoms with Gasteiger partial charge in [0.05, 0.1) is 19.4 Å². The maximum Gasteiger partial charge on any atom is 0.191 e. The number of aliphatic imine (C=N–C) groups is 1. The molecular formula is C23H29N5O. The monoisotopic (exact) mass is 391 g/mol. The highest BCUT2D eigenvalue weighted by molar-refractivity contribution is 5.79. The summed E-state index contributed by atoms with van der Waals surface area (Å²) in [4.78, 5) is 8.79. The fourth-order valence-corrected chi connectivity index (χ4v) is 2.90. The highest BCUT2D eigenvalue weighted by atomic mass is 16.5. The van der Waals surface area contributed by atoms with Crippen LogP contribution < -0.4 is 15.4 Å². The van der Waals surface area contributed by atoms with Crippen LogP contribution in [-0.2, 0) is 13.1 Å². The first-order valence-corrected chi connectivity index (χ1v) is 9.98. The molecule has 0 amide bonds. The molecule has 152 valence electrons. The number of rotatable bonds is 9. The molecule has 0 radical (unpaired) electrons. The topological polar surface area (TPSA) is 63.5 Å². The van der Waals surface area contributed by atoms with Crippen LogP contribution in [0.15, 0.2) is 72.2 Å². The minimum atomic E-state index is 0.577. The van der Waals surface area contributed by atoms with Crippen molar-refractivity contribution >= 4 is 5.96 Å². The molecule has 0 atom stereocenters. The van der Waals surface area contributed by atoms with E-state index in [9.17, 15) is 0 Å². The van der Waals surface area contributed by atoms with E-state index in [2.05, 4.69) is 70.4 Å². The Morgan fingerprint density at radius 2 is 1.93 bits per heavy atom. The minimum Gasteiger partial charge on any atom is -0.492 e. The molecule has 0 aliphatic carbocycles. The van der Waals surface area contributed by atoms with Crippen LogP contribution in [0.2, 0.25) is 0 Å². The van der Waals surface area contributed by atoms with Gasteiger partial charge in [-0.3, -0.25) is 0 Å². The van der Waals surface area contributed by atoms with Crippen molar-refractivity contribution in [3.63, 3.8) is 0 Å². The molecule has 6 heteroatoms. The molecule has 6 nitrogen and oxygen atoms in total. The summed E-state index contributed by atoms with van der Waals surface area (Å²) in [6.07, 6.45) is 5.60. The Labute approximate surface area is 172 Å². The largest absolute Gasteiger partial charge is 0.492 e. The summed E-state index contributed by atoms with van der Waals surface area (Å²) in [5.41, 5.74) is 3.64. The van der Waals surface area contributed by atoms with Crippen molar-refractivity contribution < 1.29 is 4.74 Å². The minimum absolute atomic E-state index is 0.577. The molecule has 2 aromatic carbocycles. The third kappa shape index (κ3) is 6.99. The second-order valence-electron chi connectivity index (χ2n) is 6.84. The Balaban J connectivity index is 1.50. The molecule has 0 bridgehead atoms. The molecule has 0 aliphatic rings. The van der Waals surface area contributed by atoms with E-state index in [1.807, 2.05) is 24.7 Å². The summed E-state index contributed by atoms with van der Waals surface area (Å²) in [7, 11) is 0. The molecule has 0 saturated heterocycles. The van der Waals surface area contributed by atoms with Gasteiger partial charge < -0.3 is 19.9 Å². The second kappa shape index (κ2) is 10.9. The van der Waals surface area contributed by atoms with Crippen LogP contribution >= 0.6 is 0 Å². The average molecular weight is 392 g/mol. The highest BCUT2D eigenvalue weighted by Crippen LogP contribution is 2.11. The van der Waals surface area contributed by atoms with E-state index in [1.165, 1.54) is 16.7 Å². The summed E-state index contributed by atoms with van der Waals surface area (Å²) in [5, 5.41) is 6.61. The Morgan fingerprint density at radius 3 is 2.69 bits per heavy atom. The van der Waals surface area contributed by atoms with Crippen LogP contribution in [0.25, 0.3) is 0 Å². The quantitative estimate of drug-likeness (QED) is 0.333.